The maximum Gasteiger partial charge on any atom is 0.233 e. The van der Waals surface area contributed by atoms with Crippen LogP contribution in [0.5, 0.6) is 5.88 Å². The van der Waals surface area contributed by atoms with Gasteiger partial charge < -0.3 is 10.1 Å². The maximum absolute atomic E-state index is 12.4. The molecule has 1 aromatic carbocycles. The summed E-state index contributed by atoms with van der Waals surface area (Å²) in [6.07, 6.45) is 6.62. The van der Waals surface area contributed by atoms with Crippen LogP contribution in [0, 0.1) is 0 Å². The van der Waals surface area contributed by atoms with Gasteiger partial charge in [0, 0.05) is 23.2 Å². The number of benzene rings is 1. The average Bonchev–Trinajstić information content (AvgIpc) is 3.14. The first-order chi connectivity index (χ1) is 12.2. The van der Waals surface area contributed by atoms with Crippen LogP contribution in [0.1, 0.15) is 38.2 Å². The molecule has 0 saturated heterocycles. The van der Waals surface area contributed by atoms with Crippen molar-refractivity contribution in [3.63, 3.8) is 0 Å². The lowest BCUT2D eigenvalue weighted by Gasteiger charge is -2.16. The van der Waals surface area contributed by atoms with E-state index in [2.05, 4.69) is 10.3 Å². The number of nitrogens with zero attached hydrogens (tertiary/aromatic N) is 1. The number of carbonyl (C=O) groups is 1. The van der Waals surface area contributed by atoms with Crippen LogP contribution in [-0.2, 0) is 11.3 Å². The molecule has 132 valence electrons. The summed E-state index contributed by atoms with van der Waals surface area (Å²) in [5, 5.41) is 2.85. The van der Waals surface area contributed by atoms with Gasteiger partial charge in [-0.15, -0.1) is 11.8 Å². The summed E-state index contributed by atoms with van der Waals surface area (Å²) in [6.45, 7) is 2.36. The molecular formula is C20H24N2O2S. The van der Waals surface area contributed by atoms with E-state index < -0.39 is 0 Å². The second kappa shape index (κ2) is 8.90. The number of nitrogens with one attached hydrogen (secondary N) is 1. The number of rotatable bonds is 7. The number of thioether (sulfide) groups is 1. The van der Waals surface area contributed by atoms with Crippen LogP contribution in [-0.4, -0.2) is 22.2 Å². The van der Waals surface area contributed by atoms with E-state index in [4.69, 9.17) is 4.74 Å². The highest BCUT2D eigenvalue weighted by Gasteiger charge is 2.19. The SMILES string of the molecule is C[C@@H](Sc1ccccc1)C(=O)NCc1cccnc1OC1CCCC1. The summed E-state index contributed by atoms with van der Waals surface area (Å²) in [6, 6.07) is 13.8. The van der Waals surface area contributed by atoms with Gasteiger partial charge in [-0.3, -0.25) is 4.79 Å². The third-order valence-electron chi connectivity index (χ3n) is 4.31. The molecule has 0 unspecified atom stereocenters. The normalized spacial score (nSPS) is 15.7. The number of hydrogen-bond acceptors (Lipinski definition) is 4. The molecule has 1 aromatic heterocycles. The van der Waals surface area contributed by atoms with Crippen LogP contribution in [0.2, 0.25) is 0 Å². The van der Waals surface area contributed by atoms with Gasteiger partial charge in [-0.05, 0) is 50.8 Å². The molecule has 1 saturated carbocycles. The molecule has 1 amide bonds. The lowest BCUT2D eigenvalue weighted by Crippen LogP contribution is -2.30. The summed E-state index contributed by atoms with van der Waals surface area (Å²) in [5.74, 6) is 0.669. The minimum atomic E-state index is -0.154. The fourth-order valence-electron chi connectivity index (χ4n) is 2.91. The minimum Gasteiger partial charge on any atom is -0.474 e. The first-order valence-corrected chi connectivity index (χ1v) is 9.70. The van der Waals surface area contributed by atoms with Crippen LogP contribution in [0.25, 0.3) is 0 Å². The highest BCUT2D eigenvalue weighted by atomic mass is 32.2. The van der Waals surface area contributed by atoms with Crippen LogP contribution in [0.15, 0.2) is 53.6 Å². The Morgan fingerprint density at radius 3 is 2.76 bits per heavy atom. The number of ether oxygens (including phenoxy) is 1. The molecule has 1 heterocycles. The van der Waals surface area contributed by atoms with Gasteiger partial charge in [0.25, 0.3) is 0 Å². The monoisotopic (exact) mass is 356 g/mol. The lowest BCUT2D eigenvalue weighted by atomic mass is 10.2. The highest BCUT2D eigenvalue weighted by Crippen LogP contribution is 2.25. The molecule has 0 radical (unpaired) electrons. The summed E-state index contributed by atoms with van der Waals surface area (Å²) in [5.41, 5.74) is 0.930. The quantitative estimate of drug-likeness (QED) is 0.756. The first-order valence-electron chi connectivity index (χ1n) is 8.82. The van der Waals surface area contributed by atoms with E-state index in [0.717, 1.165) is 23.3 Å². The van der Waals surface area contributed by atoms with E-state index in [1.54, 1.807) is 18.0 Å². The van der Waals surface area contributed by atoms with Crippen molar-refractivity contribution < 1.29 is 9.53 Å². The first kappa shape index (κ1) is 17.8. The topological polar surface area (TPSA) is 51.2 Å². The fraction of sp³-hybridized carbons (Fsp3) is 0.400. The van der Waals surface area contributed by atoms with Gasteiger partial charge in [0.2, 0.25) is 11.8 Å². The zero-order valence-corrected chi connectivity index (χ0v) is 15.3. The molecule has 1 aliphatic carbocycles. The number of carbonyl (C=O) groups excluding carboxylic acids is 1. The molecule has 25 heavy (non-hydrogen) atoms. The predicted molar refractivity (Wildman–Crippen MR) is 101 cm³/mol. The summed E-state index contributed by atoms with van der Waals surface area (Å²) in [4.78, 5) is 17.8. The van der Waals surface area contributed by atoms with Crippen molar-refractivity contribution in [1.82, 2.24) is 10.3 Å². The second-order valence-electron chi connectivity index (χ2n) is 6.28. The molecular weight excluding hydrogens is 332 g/mol. The second-order valence-corrected chi connectivity index (χ2v) is 7.70. The van der Waals surface area contributed by atoms with Crippen LogP contribution >= 0.6 is 11.8 Å². The zero-order chi connectivity index (χ0) is 17.5. The molecule has 1 atom stereocenters. The molecule has 5 heteroatoms. The maximum atomic E-state index is 12.4. The molecule has 1 aliphatic rings. The third-order valence-corrected chi connectivity index (χ3v) is 5.42. The van der Waals surface area contributed by atoms with E-state index in [1.807, 2.05) is 49.4 Å². The van der Waals surface area contributed by atoms with Crippen LogP contribution < -0.4 is 10.1 Å². The molecule has 4 nitrogen and oxygen atoms in total. The third kappa shape index (κ3) is 5.23. The van der Waals surface area contributed by atoms with E-state index in [1.165, 1.54) is 12.8 Å². The summed E-state index contributed by atoms with van der Waals surface area (Å²) in [7, 11) is 0. The average molecular weight is 356 g/mol. The van der Waals surface area contributed by atoms with E-state index >= 15 is 0 Å². The van der Waals surface area contributed by atoms with Gasteiger partial charge in [0.1, 0.15) is 6.10 Å². The summed E-state index contributed by atoms with van der Waals surface area (Å²) >= 11 is 1.56. The largest absolute Gasteiger partial charge is 0.474 e. The van der Waals surface area contributed by atoms with Gasteiger partial charge in [-0.1, -0.05) is 24.3 Å². The fourth-order valence-corrected chi connectivity index (χ4v) is 3.82. The van der Waals surface area contributed by atoms with Crippen molar-refractivity contribution in [2.24, 2.45) is 0 Å². The Hall–Kier alpha value is -2.01. The Morgan fingerprint density at radius 2 is 2.00 bits per heavy atom. The molecule has 1 N–H and O–H groups in total. The Kier molecular flexibility index (Phi) is 6.34. The Bertz CT molecular complexity index is 687. The van der Waals surface area contributed by atoms with Gasteiger partial charge in [-0.2, -0.15) is 0 Å². The highest BCUT2D eigenvalue weighted by molar-refractivity contribution is 8.00. The van der Waals surface area contributed by atoms with Crippen LogP contribution in [0.4, 0.5) is 0 Å². The standard InChI is InChI=1S/C20H24N2O2S/c1-15(25-18-11-3-2-4-12-18)19(23)22-14-16-8-7-13-21-20(16)24-17-9-5-6-10-17/h2-4,7-8,11-13,15,17H,5-6,9-10,14H2,1H3,(H,22,23)/t15-/m1/s1. The molecule has 0 bridgehead atoms. The van der Waals surface area contributed by atoms with Gasteiger partial charge in [0.15, 0.2) is 0 Å². The molecule has 1 fully saturated rings. The Morgan fingerprint density at radius 1 is 1.24 bits per heavy atom. The van der Waals surface area contributed by atoms with Gasteiger partial charge in [0.05, 0.1) is 5.25 Å². The molecule has 0 aliphatic heterocycles. The van der Waals surface area contributed by atoms with Crippen molar-refractivity contribution in [1.29, 1.82) is 0 Å². The van der Waals surface area contributed by atoms with Gasteiger partial charge >= 0.3 is 0 Å². The van der Waals surface area contributed by atoms with Crippen molar-refractivity contribution in [2.45, 2.75) is 55.4 Å². The molecule has 0 spiro atoms. The van der Waals surface area contributed by atoms with Crippen molar-refractivity contribution in [3.8, 4) is 5.88 Å². The van der Waals surface area contributed by atoms with E-state index in [0.29, 0.717) is 12.4 Å². The van der Waals surface area contributed by atoms with E-state index in [-0.39, 0.29) is 17.3 Å². The molecule has 2 aromatic rings. The van der Waals surface area contributed by atoms with E-state index in [9.17, 15) is 4.79 Å². The molecule has 3 rings (SSSR count). The van der Waals surface area contributed by atoms with Crippen molar-refractivity contribution in [3.05, 3.63) is 54.2 Å². The summed E-state index contributed by atoms with van der Waals surface area (Å²) < 4.78 is 6.03. The predicted octanol–water partition coefficient (Wildman–Crippen LogP) is 4.20. The number of amides is 1. The number of pyridine rings is 1. The van der Waals surface area contributed by atoms with Crippen molar-refractivity contribution in [2.75, 3.05) is 0 Å². The van der Waals surface area contributed by atoms with Crippen molar-refractivity contribution >= 4 is 17.7 Å². The number of aromatic nitrogens is 1. The van der Waals surface area contributed by atoms with Gasteiger partial charge in [-0.25, -0.2) is 4.98 Å². The zero-order valence-electron chi connectivity index (χ0n) is 14.5. The Balaban J connectivity index is 1.54. The minimum absolute atomic E-state index is 0.0181. The Labute approximate surface area is 153 Å². The lowest BCUT2D eigenvalue weighted by molar-refractivity contribution is -0.120. The number of hydrogen-bond donors (Lipinski definition) is 1. The van der Waals surface area contributed by atoms with Crippen LogP contribution in [0.3, 0.4) is 0 Å². The smallest absolute Gasteiger partial charge is 0.233 e.